The summed E-state index contributed by atoms with van der Waals surface area (Å²) in [4.78, 5) is 18.6. The standard InChI is InChI=1S/C23H26ClN3O3S2/c1-17(13-20-5-4-12-31-20)27(16-18-6-8-19(24)9-7-18)32(29,30)21-14-22(25-15-21)23(28)26-10-2-3-11-26/h4-9,12,14-15,17,25H,2-3,10-11,13,16H2,1H3. The van der Waals surface area contributed by atoms with Crippen LogP contribution in [0.25, 0.3) is 0 Å². The van der Waals surface area contributed by atoms with Gasteiger partial charge in [-0.25, -0.2) is 8.42 Å². The van der Waals surface area contributed by atoms with E-state index in [2.05, 4.69) is 4.98 Å². The average molecular weight is 492 g/mol. The maximum atomic E-state index is 13.7. The van der Waals surface area contributed by atoms with Crippen molar-refractivity contribution in [2.24, 2.45) is 0 Å². The highest BCUT2D eigenvalue weighted by Gasteiger charge is 2.32. The molecule has 3 heterocycles. The van der Waals surface area contributed by atoms with E-state index in [1.807, 2.05) is 36.6 Å². The van der Waals surface area contributed by atoms with E-state index in [1.165, 1.54) is 16.6 Å². The van der Waals surface area contributed by atoms with E-state index >= 15 is 0 Å². The molecule has 0 saturated carbocycles. The number of sulfonamides is 1. The molecule has 6 nitrogen and oxygen atoms in total. The zero-order valence-corrected chi connectivity index (χ0v) is 20.2. The highest BCUT2D eigenvalue weighted by atomic mass is 35.5. The topological polar surface area (TPSA) is 73.5 Å². The Hall–Kier alpha value is -2.13. The molecule has 0 radical (unpaired) electrons. The first kappa shape index (κ1) is 23.0. The van der Waals surface area contributed by atoms with Crippen LogP contribution in [0.15, 0.2) is 58.9 Å². The Morgan fingerprint density at radius 2 is 1.94 bits per heavy atom. The van der Waals surface area contributed by atoms with Crippen molar-refractivity contribution in [2.45, 2.75) is 43.7 Å². The number of aromatic nitrogens is 1. The first-order chi connectivity index (χ1) is 15.3. The van der Waals surface area contributed by atoms with Gasteiger partial charge in [-0.3, -0.25) is 4.79 Å². The van der Waals surface area contributed by atoms with E-state index < -0.39 is 10.0 Å². The summed E-state index contributed by atoms with van der Waals surface area (Å²) in [5.41, 5.74) is 1.16. The second kappa shape index (κ2) is 9.79. The molecule has 0 aliphatic carbocycles. The van der Waals surface area contributed by atoms with Gasteiger partial charge in [-0.15, -0.1) is 11.3 Å². The Balaban J connectivity index is 1.62. The number of amides is 1. The van der Waals surface area contributed by atoms with Gasteiger partial charge in [0.15, 0.2) is 0 Å². The molecule has 32 heavy (non-hydrogen) atoms. The summed E-state index contributed by atoms with van der Waals surface area (Å²) >= 11 is 7.62. The van der Waals surface area contributed by atoms with Gasteiger partial charge in [-0.05, 0) is 61.4 Å². The third-order valence-corrected chi connectivity index (χ3v) is 8.80. The average Bonchev–Trinajstić information content (AvgIpc) is 3.55. The Morgan fingerprint density at radius 3 is 2.59 bits per heavy atom. The summed E-state index contributed by atoms with van der Waals surface area (Å²) in [7, 11) is -3.85. The van der Waals surface area contributed by atoms with Crippen molar-refractivity contribution in [1.29, 1.82) is 0 Å². The van der Waals surface area contributed by atoms with E-state index in [-0.39, 0.29) is 23.4 Å². The monoisotopic (exact) mass is 491 g/mol. The van der Waals surface area contributed by atoms with Crippen molar-refractivity contribution in [3.05, 3.63) is 75.2 Å². The molecule has 170 valence electrons. The molecule has 3 aromatic rings. The molecule has 9 heteroatoms. The maximum Gasteiger partial charge on any atom is 0.270 e. The first-order valence-corrected chi connectivity index (χ1v) is 13.3. The number of H-pyrrole nitrogens is 1. The highest BCUT2D eigenvalue weighted by molar-refractivity contribution is 7.89. The fourth-order valence-corrected chi connectivity index (χ4v) is 6.51. The third-order valence-electron chi connectivity index (χ3n) is 5.71. The number of hydrogen-bond acceptors (Lipinski definition) is 4. The number of aromatic amines is 1. The van der Waals surface area contributed by atoms with Gasteiger partial charge < -0.3 is 9.88 Å². The molecule has 1 saturated heterocycles. The number of halogens is 1. The van der Waals surface area contributed by atoms with Gasteiger partial charge in [0.05, 0.1) is 0 Å². The van der Waals surface area contributed by atoms with Crippen LogP contribution in [0.3, 0.4) is 0 Å². The van der Waals surface area contributed by atoms with Crippen molar-refractivity contribution in [3.63, 3.8) is 0 Å². The number of carbonyl (C=O) groups is 1. The Kier molecular flexibility index (Phi) is 7.05. The molecule has 1 amide bonds. The van der Waals surface area contributed by atoms with Gasteiger partial charge in [0.2, 0.25) is 10.0 Å². The number of carbonyl (C=O) groups excluding carboxylic acids is 1. The minimum Gasteiger partial charge on any atom is -0.356 e. The number of nitrogens with one attached hydrogen (secondary N) is 1. The summed E-state index contributed by atoms with van der Waals surface area (Å²) in [6.45, 7) is 3.55. The Morgan fingerprint density at radius 1 is 1.22 bits per heavy atom. The molecular formula is C23H26ClN3O3S2. The van der Waals surface area contributed by atoms with Crippen LogP contribution < -0.4 is 0 Å². The van der Waals surface area contributed by atoms with Crippen LogP contribution in [0.2, 0.25) is 5.02 Å². The smallest absolute Gasteiger partial charge is 0.270 e. The van der Waals surface area contributed by atoms with Gasteiger partial charge in [0, 0.05) is 41.8 Å². The van der Waals surface area contributed by atoms with Crippen molar-refractivity contribution in [2.75, 3.05) is 13.1 Å². The number of thiophene rings is 1. The van der Waals surface area contributed by atoms with Crippen molar-refractivity contribution < 1.29 is 13.2 Å². The fourth-order valence-electron chi connectivity index (χ4n) is 3.94. The summed E-state index contributed by atoms with van der Waals surface area (Å²) in [6, 6.07) is 12.4. The second-order valence-electron chi connectivity index (χ2n) is 8.06. The lowest BCUT2D eigenvalue weighted by Crippen LogP contribution is -2.39. The molecule has 0 spiro atoms. The molecule has 1 N–H and O–H groups in total. The molecule has 0 bridgehead atoms. The molecule has 1 unspecified atom stereocenters. The minimum absolute atomic E-state index is 0.104. The Bertz CT molecular complexity index is 1150. The zero-order valence-electron chi connectivity index (χ0n) is 17.8. The lowest BCUT2D eigenvalue weighted by molar-refractivity contribution is 0.0787. The molecule has 1 aliphatic heterocycles. The van der Waals surface area contributed by atoms with E-state index in [0.717, 1.165) is 23.3 Å². The van der Waals surface area contributed by atoms with Gasteiger partial charge in [-0.1, -0.05) is 29.8 Å². The van der Waals surface area contributed by atoms with Crippen molar-refractivity contribution in [1.82, 2.24) is 14.2 Å². The SMILES string of the molecule is CC(Cc1cccs1)N(Cc1ccc(Cl)cc1)S(=O)(=O)c1c[nH]c(C(=O)N2CCCC2)c1. The van der Waals surface area contributed by atoms with E-state index in [1.54, 1.807) is 28.4 Å². The van der Waals surface area contributed by atoms with Crippen molar-refractivity contribution in [3.8, 4) is 0 Å². The van der Waals surface area contributed by atoms with Crippen LogP contribution in [0.5, 0.6) is 0 Å². The molecular weight excluding hydrogens is 466 g/mol. The van der Waals surface area contributed by atoms with Crippen LogP contribution in [0, 0.1) is 0 Å². The van der Waals surface area contributed by atoms with Crippen LogP contribution in [0.4, 0.5) is 0 Å². The normalized spacial score (nSPS) is 15.4. The number of benzene rings is 1. The van der Waals surface area contributed by atoms with Crippen LogP contribution in [-0.2, 0) is 23.0 Å². The van der Waals surface area contributed by atoms with Gasteiger partial charge >= 0.3 is 0 Å². The highest BCUT2D eigenvalue weighted by Crippen LogP contribution is 2.26. The molecule has 1 aliphatic rings. The van der Waals surface area contributed by atoms with Gasteiger partial charge in [-0.2, -0.15) is 4.31 Å². The Labute approximate surface area is 197 Å². The van der Waals surface area contributed by atoms with Crippen LogP contribution in [0.1, 0.15) is 40.7 Å². The summed E-state index contributed by atoms with van der Waals surface area (Å²) in [5.74, 6) is -0.153. The summed E-state index contributed by atoms with van der Waals surface area (Å²) in [5, 5.41) is 2.59. The fraction of sp³-hybridized carbons (Fsp3) is 0.348. The van der Waals surface area contributed by atoms with Crippen LogP contribution >= 0.6 is 22.9 Å². The lowest BCUT2D eigenvalue weighted by atomic mass is 10.1. The number of likely N-dealkylation sites (tertiary alicyclic amines) is 1. The van der Waals surface area contributed by atoms with E-state index in [4.69, 9.17) is 11.6 Å². The summed E-state index contributed by atoms with van der Waals surface area (Å²) in [6.07, 6.45) is 3.99. The summed E-state index contributed by atoms with van der Waals surface area (Å²) < 4.78 is 28.9. The third kappa shape index (κ3) is 5.09. The predicted octanol–water partition coefficient (Wildman–Crippen LogP) is 4.79. The molecule has 2 aromatic heterocycles. The van der Waals surface area contributed by atoms with E-state index in [9.17, 15) is 13.2 Å². The maximum absolute atomic E-state index is 13.7. The van der Waals surface area contributed by atoms with Gasteiger partial charge in [0.25, 0.3) is 5.91 Å². The second-order valence-corrected chi connectivity index (χ2v) is 11.4. The molecule has 1 aromatic carbocycles. The predicted molar refractivity (Wildman–Crippen MR) is 128 cm³/mol. The van der Waals surface area contributed by atoms with Crippen LogP contribution in [-0.4, -0.2) is 47.6 Å². The largest absolute Gasteiger partial charge is 0.356 e. The number of nitrogens with zero attached hydrogens (tertiary/aromatic N) is 2. The van der Waals surface area contributed by atoms with E-state index in [0.29, 0.717) is 30.2 Å². The first-order valence-electron chi connectivity index (χ1n) is 10.6. The molecule has 1 fully saturated rings. The minimum atomic E-state index is -3.85. The molecule has 4 rings (SSSR count). The van der Waals surface area contributed by atoms with Crippen molar-refractivity contribution >= 4 is 38.9 Å². The zero-order chi connectivity index (χ0) is 22.7. The quantitative estimate of drug-likeness (QED) is 0.492. The van der Waals surface area contributed by atoms with Gasteiger partial charge in [0.1, 0.15) is 10.6 Å². The molecule has 1 atom stereocenters. The number of rotatable bonds is 8. The number of hydrogen-bond donors (Lipinski definition) is 1. The lowest BCUT2D eigenvalue weighted by Gasteiger charge is -2.28.